The van der Waals surface area contributed by atoms with Gasteiger partial charge in [-0.2, -0.15) is 8.42 Å². The zero-order chi connectivity index (χ0) is 10.3. The van der Waals surface area contributed by atoms with Crippen LogP contribution in [0.15, 0.2) is 0 Å². The number of unbranched alkanes of at least 4 members (excludes halogenated alkanes) is 1. The fourth-order valence-corrected chi connectivity index (χ4v) is 1.44. The first-order valence-corrected chi connectivity index (χ1v) is 5.98. The van der Waals surface area contributed by atoms with Gasteiger partial charge in [0.2, 0.25) is 0 Å². The van der Waals surface area contributed by atoms with Crippen LogP contribution in [0.1, 0.15) is 39.5 Å². The summed E-state index contributed by atoms with van der Waals surface area (Å²) in [6.07, 6.45) is 3.97. The average Bonchev–Trinajstić information content (AvgIpc) is 2.03. The first-order chi connectivity index (χ1) is 5.99. The summed E-state index contributed by atoms with van der Waals surface area (Å²) in [6.45, 7) is 4.15. The van der Waals surface area contributed by atoms with Crippen LogP contribution in [0.5, 0.6) is 0 Å². The second-order valence-electron chi connectivity index (χ2n) is 3.13. The van der Waals surface area contributed by atoms with Gasteiger partial charge in [0.25, 0.3) is 0 Å². The third-order valence-electron chi connectivity index (χ3n) is 2.00. The van der Waals surface area contributed by atoms with Gasteiger partial charge in [0, 0.05) is 0 Å². The molecule has 0 rings (SSSR count). The average molecular weight is 234 g/mol. The molecule has 0 aromatic heterocycles. The van der Waals surface area contributed by atoms with Crippen molar-refractivity contribution in [3.05, 3.63) is 0 Å². The summed E-state index contributed by atoms with van der Waals surface area (Å²) in [5, 5.41) is 0. The fourth-order valence-electron chi connectivity index (χ4n) is 1.08. The van der Waals surface area contributed by atoms with Crippen molar-refractivity contribution in [3.63, 3.8) is 0 Å². The molecular formula is C8H19NaO4S. The summed E-state index contributed by atoms with van der Waals surface area (Å²) in [5.74, 6) is 0.224. The second-order valence-corrected chi connectivity index (χ2v) is 4.22. The van der Waals surface area contributed by atoms with E-state index in [2.05, 4.69) is 11.1 Å². The van der Waals surface area contributed by atoms with E-state index in [1.165, 1.54) is 0 Å². The molecule has 0 aromatic rings. The summed E-state index contributed by atoms with van der Waals surface area (Å²) in [4.78, 5) is 0. The van der Waals surface area contributed by atoms with Gasteiger partial charge in [-0.25, -0.2) is 4.18 Å². The molecule has 0 aliphatic carbocycles. The van der Waals surface area contributed by atoms with Crippen molar-refractivity contribution < 1.29 is 17.2 Å². The summed E-state index contributed by atoms with van der Waals surface area (Å²) in [7, 11) is -4.25. The minimum absolute atomic E-state index is 0. The van der Waals surface area contributed by atoms with Crippen LogP contribution in [0.2, 0.25) is 0 Å². The normalized spacial score (nSPS) is 13.4. The van der Waals surface area contributed by atoms with E-state index in [-0.39, 0.29) is 42.1 Å². The van der Waals surface area contributed by atoms with Gasteiger partial charge in [0.1, 0.15) is 0 Å². The van der Waals surface area contributed by atoms with Crippen LogP contribution in [0.3, 0.4) is 0 Å². The predicted octanol–water partition coefficient (Wildman–Crippen LogP) is 1.37. The molecule has 0 fully saturated rings. The van der Waals surface area contributed by atoms with E-state index in [0.717, 1.165) is 25.7 Å². The van der Waals surface area contributed by atoms with Gasteiger partial charge in [-0.05, 0) is 12.3 Å². The van der Waals surface area contributed by atoms with Crippen molar-refractivity contribution in [3.8, 4) is 0 Å². The molecule has 82 valence electrons. The topological polar surface area (TPSA) is 63.6 Å². The molecule has 0 bridgehead atoms. The van der Waals surface area contributed by atoms with Crippen LogP contribution in [-0.4, -0.2) is 49.1 Å². The van der Waals surface area contributed by atoms with E-state index < -0.39 is 10.4 Å². The van der Waals surface area contributed by atoms with Crippen LogP contribution in [0.4, 0.5) is 0 Å². The fraction of sp³-hybridized carbons (Fsp3) is 1.00. The molecule has 0 amide bonds. The number of rotatable bonds is 7. The van der Waals surface area contributed by atoms with E-state index in [0.29, 0.717) is 0 Å². The molecule has 1 N–H and O–H groups in total. The van der Waals surface area contributed by atoms with Gasteiger partial charge in [0.15, 0.2) is 0 Å². The van der Waals surface area contributed by atoms with Crippen molar-refractivity contribution in [2.24, 2.45) is 5.92 Å². The molecule has 6 heteroatoms. The number of hydrogen-bond acceptors (Lipinski definition) is 3. The van der Waals surface area contributed by atoms with Gasteiger partial charge in [-0.1, -0.05) is 33.1 Å². The van der Waals surface area contributed by atoms with Gasteiger partial charge >= 0.3 is 40.0 Å². The molecule has 14 heavy (non-hydrogen) atoms. The molecule has 0 saturated carbocycles. The monoisotopic (exact) mass is 234 g/mol. The third kappa shape index (κ3) is 10.9. The van der Waals surface area contributed by atoms with Crippen molar-refractivity contribution in [1.82, 2.24) is 0 Å². The van der Waals surface area contributed by atoms with Gasteiger partial charge < -0.3 is 0 Å². The van der Waals surface area contributed by atoms with Crippen LogP contribution >= 0.6 is 0 Å². The maximum absolute atomic E-state index is 10.3. The standard InChI is InChI=1S/C8H18O4S.Na.H/c1-3-5-6-8(4-2)7-12-13(9,10)11;;/h8H,3-7H2,1-2H3,(H,9,10,11);;. The summed E-state index contributed by atoms with van der Waals surface area (Å²) in [6, 6.07) is 0. The number of hydrogen-bond donors (Lipinski definition) is 1. The quantitative estimate of drug-likeness (QED) is 0.534. The third-order valence-corrected chi connectivity index (χ3v) is 2.43. The van der Waals surface area contributed by atoms with Gasteiger partial charge in [-0.3, -0.25) is 4.55 Å². The molecule has 0 saturated heterocycles. The predicted molar refractivity (Wildman–Crippen MR) is 58.0 cm³/mol. The van der Waals surface area contributed by atoms with Crippen molar-refractivity contribution >= 4 is 40.0 Å². The zero-order valence-electron chi connectivity index (χ0n) is 8.19. The molecular weight excluding hydrogens is 215 g/mol. The van der Waals surface area contributed by atoms with Gasteiger partial charge in [0.05, 0.1) is 6.61 Å². The zero-order valence-corrected chi connectivity index (χ0v) is 9.01. The molecule has 1 atom stereocenters. The van der Waals surface area contributed by atoms with Crippen LogP contribution < -0.4 is 0 Å². The Morgan fingerprint density at radius 3 is 2.29 bits per heavy atom. The molecule has 0 aliphatic rings. The Labute approximate surface area is 109 Å². The molecule has 1 unspecified atom stereocenters. The minimum atomic E-state index is -4.25. The Kier molecular flexibility index (Phi) is 11.3. The molecule has 0 aromatic carbocycles. The Hall–Kier alpha value is 0.870. The van der Waals surface area contributed by atoms with Gasteiger partial charge in [-0.15, -0.1) is 0 Å². The first-order valence-electron chi connectivity index (χ1n) is 4.61. The Balaban J connectivity index is 0. The van der Waals surface area contributed by atoms with E-state index in [1.54, 1.807) is 0 Å². The van der Waals surface area contributed by atoms with Crippen molar-refractivity contribution in [2.45, 2.75) is 39.5 Å². The van der Waals surface area contributed by atoms with Crippen LogP contribution in [0.25, 0.3) is 0 Å². The Bertz CT molecular complexity index is 215. The molecule has 0 radical (unpaired) electrons. The van der Waals surface area contributed by atoms with E-state index in [4.69, 9.17) is 4.55 Å². The van der Waals surface area contributed by atoms with Crippen LogP contribution in [0, 0.1) is 5.92 Å². The molecule has 4 nitrogen and oxygen atoms in total. The molecule has 0 heterocycles. The summed E-state index contributed by atoms with van der Waals surface area (Å²) in [5.41, 5.74) is 0. The van der Waals surface area contributed by atoms with Crippen LogP contribution in [-0.2, 0) is 14.6 Å². The Morgan fingerprint density at radius 1 is 1.36 bits per heavy atom. The van der Waals surface area contributed by atoms with Crippen molar-refractivity contribution in [1.29, 1.82) is 0 Å². The van der Waals surface area contributed by atoms with Crippen molar-refractivity contribution in [2.75, 3.05) is 6.61 Å². The molecule has 0 aliphatic heterocycles. The summed E-state index contributed by atoms with van der Waals surface area (Å²) >= 11 is 0. The first kappa shape index (κ1) is 17.3. The second kappa shape index (κ2) is 9.12. The van der Waals surface area contributed by atoms with E-state index >= 15 is 0 Å². The van der Waals surface area contributed by atoms with E-state index in [1.807, 2.05) is 6.92 Å². The SMILES string of the molecule is CCCCC(CC)COS(=O)(=O)O.[NaH]. The van der Waals surface area contributed by atoms with E-state index in [9.17, 15) is 8.42 Å². The summed E-state index contributed by atoms with van der Waals surface area (Å²) < 4.78 is 33.2. The maximum atomic E-state index is 10.3. The Morgan fingerprint density at radius 2 is 1.93 bits per heavy atom. The molecule has 0 spiro atoms.